The fourth-order valence-electron chi connectivity index (χ4n) is 4.55. The molecule has 2 aromatic carbocycles. The van der Waals surface area contributed by atoms with Crippen LogP contribution in [-0.4, -0.2) is 56.6 Å². The average Bonchev–Trinajstić information content (AvgIpc) is 3.33. The van der Waals surface area contributed by atoms with Gasteiger partial charge in [-0.15, -0.1) is 0 Å². The Balaban J connectivity index is 1.28. The lowest BCUT2D eigenvalue weighted by molar-refractivity contribution is -0.0231. The van der Waals surface area contributed by atoms with Crippen LogP contribution in [0, 0.1) is 11.8 Å². The second kappa shape index (κ2) is 7.31. The molecule has 7 nitrogen and oxygen atoms in total. The first kappa shape index (κ1) is 18.4. The van der Waals surface area contributed by atoms with Gasteiger partial charge in [-0.1, -0.05) is 17.7 Å². The highest BCUT2D eigenvalue weighted by atomic mass is 35.5. The first-order chi connectivity index (χ1) is 14.1. The number of ether oxygens (including phenoxy) is 1. The summed E-state index contributed by atoms with van der Waals surface area (Å²) in [6.07, 6.45) is 0.486. The Hall–Kier alpha value is -2.64. The number of hydrogen-bond acceptors (Lipinski definition) is 5. The summed E-state index contributed by atoms with van der Waals surface area (Å²) >= 11 is 6.03. The molecule has 5 rings (SSSR count). The largest absolute Gasteiger partial charge is 0.488 e. The van der Waals surface area contributed by atoms with E-state index in [0.717, 1.165) is 5.52 Å². The minimum atomic E-state index is -0.559. The lowest BCUT2D eigenvalue weighted by Gasteiger charge is -2.35. The number of H-pyrrole nitrogens is 1. The van der Waals surface area contributed by atoms with Gasteiger partial charge in [0.05, 0.1) is 6.10 Å². The van der Waals surface area contributed by atoms with Gasteiger partial charge in [0.2, 0.25) is 0 Å². The highest BCUT2D eigenvalue weighted by molar-refractivity contribution is 6.30. The van der Waals surface area contributed by atoms with E-state index in [1.54, 1.807) is 30.3 Å². The molecule has 29 heavy (non-hydrogen) atoms. The number of carbonyl (C=O) groups is 1. The average molecular weight is 413 g/mol. The number of amides is 1. The predicted octanol–water partition coefficient (Wildman–Crippen LogP) is 2.90. The maximum Gasteiger partial charge on any atom is 0.253 e. The summed E-state index contributed by atoms with van der Waals surface area (Å²) in [5.41, 5.74) is 2.02. The second-order valence-corrected chi connectivity index (χ2v) is 8.35. The molecule has 8 heteroatoms. The van der Waals surface area contributed by atoms with Crippen LogP contribution in [0.5, 0.6) is 5.75 Å². The number of nitrogens with one attached hydrogen (secondary N) is 1. The molecular weight excluding hydrogens is 392 g/mol. The molecular formula is C21H21ClN4O3. The Bertz CT molecular complexity index is 1060. The van der Waals surface area contributed by atoms with Gasteiger partial charge >= 0.3 is 0 Å². The Kier molecular flexibility index (Phi) is 4.64. The van der Waals surface area contributed by atoms with Gasteiger partial charge in [0.25, 0.3) is 5.91 Å². The van der Waals surface area contributed by atoms with E-state index < -0.39 is 6.10 Å². The normalized spacial score (nSPS) is 26.5. The molecule has 2 fully saturated rings. The molecule has 1 amide bonds. The van der Waals surface area contributed by atoms with Crippen LogP contribution in [0.1, 0.15) is 23.2 Å². The zero-order valence-corrected chi connectivity index (χ0v) is 16.4. The molecule has 1 aliphatic carbocycles. The fourth-order valence-corrected chi connectivity index (χ4v) is 4.73. The van der Waals surface area contributed by atoms with Gasteiger partial charge < -0.3 is 14.7 Å². The van der Waals surface area contributed by atoms with Gasteiger partial charge in [0, 0.05) is 23.7 Å². The SMILES string of the molecule is O=C(c1ccc2n[nH]nc2c1)N1C[C@H]2C[C@@H](Oc3cccc(Cl)c3)[C@H](O)C[C@H]2C1. The van der Waals surface area contributed by atoms with Crippen LogP contribution in [-0.2, 0) is 0 Å². The number of aromatic nitrogens is 3. The third-order valence-electron chi connectivity index (χ3n) is 6.02. The van der Waals surface area contributed by atoms with Gasteiger partial charge in [-0.05, 0) is 61.1 Å². The van der Waals surface area contributed by atoms with E-state index >= 15 is 0 Å². The molecule has 2 heterocycles. The summed E-state index contributed by atoms with van der Waals surface area (Å²) < 4.78 is 6.02. The molecule has 0 radical (unpaired) electrons. The summed E-state index contributed by atoms with van der Waals surface area (Å²) in [5, 5.41) is 21.9. The van der Waals surface area contributed by atoms with Crippen LogP contribution < -0.4 is 4.74 Å². The van der Waals surface area contributed by atoms with E-state index in [1.807, 2.05) is 17.0 Å². The topological polar surface area (TPSA) is 91.3 Å². The maximum atomic E-state index is 13.0. The summed E-state index contributed by atoms with van der Waals surface area (Å²) in [6.45, 7) is 1.32. The molecule has 4 atom stereocenters. The molecule has 0 bridgehead atoms. The van der Waals surface area contributed by atoms with E-state index in [1.165, 1.54) is 0 Å². The summed E-state index contributed by atoms with van der Waals surface area (Å²) in [4.78, 5) is 14.9. The van der Waals surface area contributed by atoms with E-state index in [2.05, 4.69) is 15.4 Å². The van der Waals surface area contributed by atoms with Gasteiger partial charge in [0.1, 0.15) is 22.9 Å². The molecule has 1 saturated carbocycles. The van der Waals surface area contributed by atoms with E-state index in [0.29, 0.717) is 53.7 Å². The Labute approximate surface area is 172 Å². The van der Waals surface area contributed by atoms with E-state index in [4.69, 9.17) is 16.3 Å². The van der Waals surface area contributed by atoms with Crippen LogP contribution in [0.3, 0.4) is 0 Å². The maximum absolute atomic E-state index is 13.0. The number of aliphatic hydroxyl groups is 1. The monoisotopic (exact) mass is 412 g/mol. The number of halogens is 1. The highest BCUT2D eigenvalue weighted by Crippen LogP contribution is 2.38. The van der Waals surface area contributed by atoms with Crippen molar-refractivity contribution in [2.75, 3.05) is 13.1 Å². The molecule has 0 spiro atoms. The van der Waals surface area contributed by atoms with Crippen LogP contribution >= 0.6 is 11.6 Å². The molecule has 1 aliphatic heterocycles. The van der Waals surface area contributed by atoms with Crippen molar-refractivity contribution in [3.8, 4) is 5.75 Å². The van der Waals surface area contributed by atoms with E-state index in [-0.39, 0.29) is 17.9 Å². The number of rotatable bonds is 3. The molecule has 0 unspecified atom stereocenters. The number of likely N-dealkylation sites (tertiary alicyclic amines) is 1. The van der Waals surface area contributed by atoms with Crippen molar-refractivity contribution >= 4 is 28.5 Å². The third-order valence-corrected chi connectivity index (χ3v) is 6.25. The van der Waals surface area contributed by atoms with E-state index in [9.17, 15) is 9.90 Å². The Morgan fingerprint density at radius 3 is 2.72 bits per heavy atom. The van der Waals surface area contributed by atoms with Crippen LogP contribution in [0.25, 0.3) is 11.0 Å². The zero-order valence-electron chi connectivity index (χ0n) is 15.7. The van der Waals surface area contributed by atoms with Gasteiger partial charge in [0.15, 0.2) is 0 Å². The van der Waals surface area contributed by atoms with Crippen molar-refractivity contribution in [1.29, 1.82) is 0 Å². The zero-order chi connectivity index (χ0) is 20.0. The van der Waals surface area contributed by atoms with Crippen molar-refractivity contribution < 1.29 is 14.6 Å². The number of hydrogen-bond donors (Lipinski definition) is 2. The standard InChI is InChI=1S/C21H21ClN4O3/c22-15-2-1-3-16(9-15)29-20-8-14-11-26(10-13(14)7-19(20)27)21(28)12-4-5-17-18(6-12)24-25-23-17/h1-6,9,13-14,19-20,27H,7-8,10-11H2,(H,23,24,25)/t13-,14+,19+,20+/m0/s1. The van der Waals surface area contributed by atoms with Crippen LogP contribution in [0.4, 0.5) is 0 Å². The van der Waals surface area contributed by atoms with Gasteiger partial charge in [-0.2, -0.15) is 15.4 Å². The number of carbonyl (C=O) groups excluding carboxylic acids is 1. The smallest absolute Gasteiger partial charge is 0.253 e. The number of benzene rings is 2. The first-order valence-electron chi connectivity index (χ1n) is 9.77. The van der Waals surface area contributed by atoms with Crippen molar-refractivity contribution in [3.63, 3.8) is 0 Å². The Morgan fingerprint density at radius 1 is 1.10 bits per heavy atom. The summed E-state index contributed by atoms with van der Waals surface area (Å²) in [5.74, 6) is 1.24. The van der Waals surface area contributed by atoms with Crippen molar-refractivity contribution in [2.24, 2.45) is 11.8 Å². The summed E-state index contributed by atoms with van der Waals surface area (Å²) in [6, 6.07) is 12.6. The van der Waals surface area contributed by atoms with Gasteiger partial charge in [-0.25, -0.2) is 0 Å². The third kappa shape index (κ3) is 3.56. The van der Waals surface area contributed by atoms with Crippen LogP contribution in [0.15, 0.2) is 42.5 Å². The lowest BCUT2D eigenvalue weighted by Crippen LogP contribution is -2.42. The number of fused-ring (bicyclic) bond motifs is 2. The highest BCUT2D eigenvalue weighted by Gasteiger charge is 2.44. The van der Waals surface area contributed by atoms with Crippen LogP contribution in [0.2, 0.25) is 5.02 Å². The fraction of sp³-hybridized carbons (Fsp3) is 0.381. The molecule has 150 valence electrons. The van der Waals surface area contributed by atoms with Crippen molar-refractivity contribution in [1.82, 2.24) is 20.3 Å². The first-order valence-corrected chi connectivity index (χ1v) is 10.1. The number of nitrogens with zero attached hydrogens (tertiary/aromatic N) is 3. The quantitative estimate of drug-likeness (QED) is 0.690. The van der Waals surface area contributed by atoms with Crippen molar-refractivity contribution in [2.45, 2.75) is 25.0 Å². The summed E-state index contributed by atoms with van der Waals surface area (Å²) in [7, 11) is 0. The minimum Gasteiger partial charge on any atom is -0.488 e. The Morgan fingerprint density at radius 2 is 1.90 bits per heavy atom. The molecule has 3 aromatic rings. The number of aromatic amines is 1. The molecule has 1 saturated heterocycles. The molecule has 2 N–H and O–H groups in total. The second-order valence-electron chi connectivity index (χ2n) is 7.91. The molecule has 1 aromatic heterocycles. The van der Waals surface area contributed by atoms with Gasteiger partial charge in [-0.3, -0.25) is 4.79 Å². The molecule has 2 aliphatic rings. The minimum absolute atomic E-state index is 0.00824. The number of aliphatic hydroxyl groups excluding tert-OH is 1. The van der Waals surface area contributed by atoms with Crippen molar-refractivity contribution in [3.05, 3.63) is 53.1 Å². The lowest BCUT2D eigenvalue weighted by atomic mass is 9.78. The predicted molar refractivity (Wildman–Crippen MR) is 108 cm³/mol.